The first kappa shape index (κ1) is 32.2. The van der Waals surface area contributed by atoms with E-state index in [1.165, 1.54) is 42.2 Å². The molecule has 11 nitrogen and oxygen atoms in total. The van der Waals surface area contributed by atoms with E-state index in [9.17, 15) is 27.2 Å². The van der Waals surface area contributed by atoms with Crippen molar-refractivity contribution in [2.75, 3.05) is 13.2 Å². The Balaban J connectivity index is 1.49. The van der Waals surface area contributed by atoms with E-state index in [0.717, 1.165) is 29.5 Å². The third-order valence-corrected chi connectivity index (χ3v) is 10.0. The predicted octanol–water partition coefficient (Wildman–Crippen LogP) is 4.82. The van der Waals surface area contributed by atoms with E-state index < -0.39 is 34.7 Å². The van der Waals surface area contributed by atoms with Gasteiger partial charge in [0.25, 0.3) is 10.0 Å². The van der Waals surface area contributed by atoms with Crippen LogP contribution in [0.1, 0.15) is 49.3 Å². The highest BCUT2D eigenvalue weighted by Crippen LogP contribution is 2.38. The van der Waals surface area contributed by atoms with Crippen LogP contribution in [-0.2, 0) is 33.0 Å². The van der Waals surface area contributed by atoms with E-state index in [1.54, 1.807) is 0 Å². The molecule has 1 saturated carbocycles. The number of imidazole rings is 1. The second kappa shape index (κ2) is 13.4. The third-order valence-electron chi connectivity index (χ3n) is 7.47. The first-order valence-corrected chi connectivity index (χ1v) is 16.1. The zero-order chi connectivity index (χ0) is 31.6. The van der Waals surface area contributed by atoms with Gasteiger partial charge >= 0.3 is 12.6 Å². The van der Waals surface area contributed by atoms with Crippen LogP contribution in [0.15, 0.2) is 48.1 Å². The molecule has 0 spiro atoms. The van der Waals surface area contributed by atoms with Gasteiger partial charge in [-0.3, -0.25) is 4.79 Å². The monoisotopic (exact) mass is 674 g/mol. The molecular weight excluding hydrogens is 645 g/mol. The van der Waals surface area contributed by atoms with Crippen LogP contribution >= 0.6 is 23.2 Å². The smallest absolute Gasteiger partial charge is 0.387 e. The number of aromatic nitrogens is 3. The minimum absolute atomic E-state index is 0.00747. The summed E-state index contributed by atoms with van der Waals surface area (Å²) in [5.41, 5.74) is 0.610. The van der Waals surface area contributed by atoms with Crippen molar-refractivity contribution in [3.63, 3.8) is 0 Å². The Hall–Kier alpha value is -3.20. The number of sulfonamides is 1. The lowest BCUT2D eigenvalue weighted by molar-refractivity contribution is -0.605. The molecule has 2 atom stereocenters. The number of hydrogen-bond donors (Lipinski definition) is 0. The molecule has 1 aliphatic carbocycles. The number of halogens is 4. The molecule has 0 unspecified atom stereocenters. The first-order chi connectivity index (χ1) is 20.9. The molecule has 0 radical (unpaired) electrons. The molecule has 16 heteroatoms. The SMILES string of the molecule is Cn1ccnc1S(=O)(=O)N1CCCC[C@H]1C(=O)O[C@@H](Cc1c(Cl)c[n+]([O-])cc1Cl)c1ccc(OC(F)F)c(OCC2CC2)c1. The highest BCUT2D eigenvalue weighted by molar-refractivity contribution is 7.89. The summed E-state index contributed by atoms with van der Waals surface area (Å²) in [7, 11) is -2.62. The summed E-state index contributed by atoms with van der Waals surface area (Å²) in [5.74, 6) is -0.708. The Morgan fingerprint density at radius 3 is 2.52 bits per heavy atom. The Kier molecular flexibility index (Phi) is 9.83. The van der Waals surface area contributed by atoms with Gasteiger partial charge in [0.05, 0.1) is 6.61 Å². The lowest BCUT2D eigenvalue weighted by atomic mass is 10.0. The highest BCUT2D eigenvalue weighted by Gasteiger charge is 2.41. The van der Waals surface area contributed by atoms with Crippen molar-refractivity contribution >= 4 is 39.2 Å². The van der Waals surface area contributed by atoms with Crippen molar-refractivity contribution in [3.05, 3.63) is 69.4 Å². The van der Waals surface area contributed by atoms with Gasteiger partial charge in [-0.15, -0.1) is 0 Å². The van der Waals surface area contributed by atoms with Crippen LogP contribution in [0.3, 0.4) is 0 Å². The fourth-order valence-corrected chi connectivity index (χ4v) is 7.34. The van der Waals surface area contributed by atoms with Gasteiger partial charge in [-0.1, -0.05) is 29.3 Å². The van der Waals surface area contributed by atoms with Crippen LogP contribution < -0.4 is 14.2 Å². The lowest BCUT2D eigenvalue weighted by Crippen LogP contribution is -2.49. The third kappa shape index (κ3) is 7.36. The van der Waals surface area contributed by atoms with Gasteiger partial charge in [0.2, 0.25) is 5.16 Å². The summed E-state index contributed by atoms with van der Waals surface area (Å²) >= 11 is 12.7. The van der Waals surface area contributed by atoms with Gasteiger partial charge in [-0.25, -0.2) is 13.4 Å². The van der Waals surface area contributed by atoms with E-state index in [0.29, 0.717) is 29.1 Å². The fraction of sp³-hybridized carbons (Fsp3) is 0.464. The summed E-state index contributed by atoms with van der Waals surface area (Å²) in [6.45, 7) is -2.73. The zero-order valence-corrected chi connectivity index (χ0v) is 25.9. The van der Waals surface area contributed by atoms with Crippen LogP contribution in [0.25, 0.3) is 0 Å². The van der Waals surface area contributed by atoms with Crippen LogP contribution in [0.5, 0.6) is 11.5 Å². The summed E-state index contributed by atoms with van der Waals surface area (Å²) in [6, 6.07) is 2.98. The number of esters is 1. The number of rotatable bonds is 12. The molecule has 0 amide bonds. The number of pyridine rings is 1. The minimum Gasteiger partial charge on any atom is -0.619 e. The van der Waals surface area contributed by atoms with Crippen LogP contribution in [-0.4, -0.2) is 54.0 Å². The average Bonchev–Trinajstić information content (AvgIpc) is 3.70. The van der Waals surface area contributed by atoms with Crippen LogP contribution in [0, 0.1) is 11.1 Å². The van der Waals surface area contributed by atoms with Gasteiger partial charge in [-0.05, 0) is 55.7 Å². The van der Waals surface area contributed by atoms with E-state index >= 15 is 0 Å². The van der Waals surface area contributed by atoms with Gasteiger partial charge in [0.15, 0.2) is 23.9 Å². The first-order valence-electron chi connectivity index (χ1n) is 13.9. The molecule has 2 aliphatic rings. The zero-order valence-electron chi connectivity index (χ0n) is 23.6. The van der Waals surface area contributed by atoms with Crippen LogP contribution in [0.4, 0.5) is 8.78 Å². The Morgan fingerprint density at radius 2 is 1.89 bits per heavy atom. The number of aryl methyl sites for hydroxylation is 1. The quantitative estimate of drug-likeness (QED) is 0.152. The predicted molar refractivity (Wildman–Crippen MR) is 154 cm³/mol. The van der Waals surface area contributed by atoms with Crippen molar-refractivity contribution in [1.29, 1.82) is 0 Å². The highest BCUT2D eigenvalue weighted by atomic mass is 35.5. The van der Waals surface area contributed by atoms with E-state index in [1.807, 2.05) is 0 Å². The van der Waals surface area contributed by atoms with E-state index in [-0.39, 0.29) is 58.3 Å². The van der Waals surface area contributed by atoms with Gasteiger partial charge in [-0.2, -0.15) is 17.8 Å². The minimum atomic E-state index is -4.16. The maximum absolute atomic E-state index is 13.8. The largest absolute Gasteiger partial charge is 0.619 e. The number of ether oxygens (including phenoxy) is 3. The summed E-state index contributed by atoms with van der Waals surface area (Å²) < 4.78 is 72.7. The molecule has 44 heavy (non-hydrogen) atoms. The van der Waals surface area contributed by atoms with Crippen molar-refractivity contribution in [2.24, 2.45) is 13.0 Å². The Labute approximate surface area is 262 Å². The van der Waals surface area contributed by atoms with E-state index in [2.05, 4.69) is 9.72 Å². The summed E-state index contributed by atoms with van der Waals surface area (Å²) in [4.78, 5) is 17.8. The van der Waals surface area contributed by atoms with Crippen LogP contribution in [0.2, 0.25) is 10.0 Å². The number of benzene rings is 1. The molecule has 3 aromatic rings. The molecule has 2 fully saturated rings. The number of nitrogens with zero attached hydrogens (tertiary/aromatic N) is 4. The lowest BCUT2D eigenvalue weighted by Gasteiger charge is -2.33. The molecular formula is C28H30Cl2F2N4O7S. The number of piperidine rings is 1. The molecule has 3 heterocycles. The molecule has 1 aromatic carbocycles. The fourth-order valence-electron chi connectivity index (χ4n) is 5.01. The molecule has 238 valence electrons. The molecule has 1 aliphatic heterocycles. The molecule has 0 bridgehead atoms. The standard InChI is InChI=1S/C28H30Cl2F2N4O7S/c1-34-11-9-33-28(34)44(39,40)36-10-3-2-4-22(36)26(37)42-24(13-19-20(29)14-35(38)15-21(19)30)18-7-8-23(43-27(31)32)25(12-18)41-16-17-5-6-17/h7-9,11-12,14-15,17,22,24,27H,2-6,10,13,16H2,1H3/t22-,24-/m0/s1. The van der Waals surface area contributed by atoms with Crippen molar-refractivity contribution in [3.8, 4) is 11.5 Å². The molecule has 5 rings (SSSR count). The summed E-state index contributed by atoms with van der Waals surface area (Å²) in [6.07, 6.45) is 6.99. The topological polar surface area (TPSA) is 127 Å². The maximum Gasteiger partial charge on any atom is 0.387 e. The van der Waals surface area contributed by atoms with Crippen molar-refractivity contribution in [1.82, 2.24) is 13.9 Å². The van der Waals surface area contributed by atoms with E-state index in [4.69, 9.17) is 32.7 Å². The second-order valence-electron chi connectivity index (χ2n) is 10.7. The molecule has 0 N–H and O–H groups in total. The molecule has 2 aromatic heterocycles. The number of carbonyl (C=O) groups excluding carboxylic acids is 1. The van der Waals surface area contributed by atoms with Crippen molar-refractivity contribution < 1.29 is 40.9 Å². The van der Waals surface area contributed by atoms with Gasteiger partial charge < -0.3 is 24.0 Å². The number of carbonyl (C=O) groups is 1. The van der Waals surface area contributed by atoms with Gasteiger partial charge in [0.1, 0.15) is 22.2 Å². The maximum atomic E-state index is 13.8. The van der Waals surface area contributed by atoms with Crippen molar-refractivity contribution in [2.45, 2.75) is 62.4 Å². The Morgan fingerprint density at radius 1 is 1.16 bits per heavy atom. The molecule has 1 saturated heterocycles. The Bertz CT molecular complexity index is 1600. The number of hydrogen-bond acceptors (Lipinski definition) is 8. The van der Waals surface area contributed by atoms with Gasteiger partial charge in [0, 0.05) is 38.0 Å². The normalized spacial score (nSPS) is 18.3. The summed E-state index contributed by atoms with van der Waals surface area (Å²) in [5, 5.41) is 11.7. The average molecular weight is 676 g/mol. The number of alkyl halides is 2. The second-order valence-corrected chi connectivity index (χ2v) is 13.3.